The third-order valence-corrected chi connectivity index (χ3v) is 2.84. The molecule has 0 saturated carbocycles. The summed E-state index contributed by atoms with van der Waals surface area (Å²) < 4.78 is 5.46. The van der Waals surface area contributed by atoms with Crippen molar-refractivity contribution in [1.82, 2.24) is 15.0 Å². The Balaban J connectivity index is 2.20. The van der Waals surface area contributed by atoms with Crippen molar-refractivity contribution in [2.75, 3.05) is 12.4 Å². The molecule has 2 rings (SSSR count). The Morgan fingerprint density at radius 1 is 1.31 bits per heavy atom. The number of oxazole rings is 1. The van der Waals surface area contributed by atoms with Gasteiger partial charge in [-0.3, -0.25) is 0 Å². The third kappa shape index (κ3) is 2.33. The van der Waals surface area contributed by atoms with E-state index in [4.69, 9.17) is 4.42 Å². The van der Waals surface area contributed by atoms with Gasteiger partial charge in [0, 0.05) is 13.2 Å². The first-order valence-electron chi connectivity index (χ1n) is 4.81. The van der Waals surface area contributed by atoms with Crippen molar-refractivity contribution >= 4 is 17.7 Å². The van der Waals surface area contributed by atoms with E-state index in [0.29, 0.717) is 11.2 Å². The van der Waals surface area contributed by atoms with Crippen LogP contribution < -0.4 is 5.32 Å². The summed E-state index contributed by atoms with van der Waals surface area (Å²) in [5, 5.41) is 4.30. The highest BCUT2D eigenvalue weighted by Crippen LogP contribution is 2.26. The minimum atomic E-state index is 0.588. The molecule has 0 bridgehead atoms. The van der Waals surface area contributed by atoms with E-state index in [0.717, 1.165) is 16.5 Å². The lowest BCUT2D eigenvalue weighted by molar-refractivity contribution is 0.431. The Labute approximate surface area is 97.7 Å². The van der Waals surface area contributed by atoms with Gasteiger partial charge in [-0.05, 0) is 31.7 Å². The Kier molecular flexibility index (Phi) is 3.09. The number of hydrogen-bond acceptors (Lipinski definition) is 6. The minimum Gasteiger partial charge on any atom is -0.436 e. The van der Waals surface area contributed by atoms with Gasteiger partial charge in [-0.25, -0.2) is 15.0 Å². The summed E-state index contributed by atoms with van der Waals surface area (Å²) in [5.74, 6) is 1.43. The van der Waals surface area contributed by atoms with E-state index in [1.165, 1.54) is 11.8 Å². The zero-order valence-corrected chi connectivity index (χ0v) is 10.1. The van der Waals surface area contributed by atoms with Gasteiger partial charge < -0.3 is 9.73 Å². The van der Waals surface area contributed by atoms with Crippen LogP contribution in [0.15, 0.2) is 26.9 Å². The topological polar surface area (TPSA) is 63.8 Å². The molecule has 0 atom stereocenters. The predicted octanol–water partition coefficient (Wildman–Crippen LogP) is 2.27. The number of nitrogens with zero attached hydrogens (tertiary/aromatic N) is 3. The third-order valence-electron chi connectivity index (χ3n) is 2.05. The molecule has 0 saturated heterocycles. The van der Waals surface area contributed by atoms with Gasteiger partial charge in [-0.15, -0.1) is 0 Å². The largest absolute Gasteiger partial charge is 0.436 e. The van der Waals surface area contributed by atoms with Gasteiger partial charge in [-0.1, -0.05) is 0 Å². The van der Waals surface area contributed by atoms with Crippen LogP contribution >= 0.6 is 11.8 Å². The van der Waals surface area contributed by atoms with Crippen LogP contribution in [0.25, 0.3) is 0 Å². The fourth-order valence-corrected chi connectivity index (χ4v) is 1.89. The number of nitrogens with one attached hydrogen (secondary N) is 1. The number of rotatable bonds is 3. The van der Waals surface area contributed by atoms with Crippen LogP contribution in [0.1, 0.15) is 11.5 Å². The van der Waals surface area contributed by atoms with E-state index in [-0.39, 0.29) is 0 Å². The number of aryl methyl sites for hydroxylation is 2. The molecule has 1 N–H and O–H groups in total. The highest BCUT2D eigenvalue weighted by Gasteiger charge is 2.08. The van der Waals surface area contributed by atoms with E-state index in [2.05, 4.69) is 20.3 Å². The molecule has 0 aliphatic carbocycles. The summed E-state index contributed by atoms with van der Waals surface area (Å²) in [6, 6.07) is 1.82. The van der Waals surface area contributed by atoms with Gasteiger partial charge in [0.1, 0.15) is 10.8 Å². The second-order valence-corrected chi connectivity index (χ2v) is 4.16. The molecular formula is C10H12N4OS. The van der Waals surface area contributed by atoms with E-state index in [1.54, 1.807) is 13.2 Å². The van der Waals surface area contributed by atoms with Crippen molar-refractivity contribution in [1.29, 1.82) is 0 Å². The van der Waals surface area contributed by atoms with Crippen LogP contribution in [-0.2, 0) is 0 Å². The van der Waals surface area contributed by atoms with Crippen molar-refractivity contribution in [2.24, 2.45) is 0 Å². The summed E-state index contributed by atoms with van der Waals surface area (Å²) in [6.07, 6.45) is 1.70. The normalized spacial score (nSPS) is 10.4. The molecule has 0 fully saturated rings. The molecule has 2 aromatic rings. The Hall–Kier alpha value is -1.56. The lowest BCUT2D eigenvalue weighted by atomic mass is 10.4. The molecular weight excluding hydrogens is 224 g/mol. The maximum Gasteiger partial charge on any atom is 0.262 e. The monoisotopic (exact) mass is 236 g/mol. The van der Waals surface area contributed by atoms with Crippen molar-refractivity contribution in [3.63, 3.8) is 0 Å². The fourth-order valence-electron chi connectivity index (χ4n) is 1.10. The molecule has 0 unspecified atom stereocenters. The van der Waals surface area contributed by atoms with Crippen LogP contribution in [0.2, 0.25) is 0 Å². The molecule has 2 aromatic heterocycles. The molecule has 0 spiro atoms. The Bertz CT molecular complexity index is 478. The smallest absolute Gasteiger partial charge is 0.262 e. The van der Waals surface area contributed by atoms with Crippen LogP contribution in [0.3, 0.4) is 0 Å². The molecule has 0 aliphatic rings. The molecule has 6 heteroatoms. The average Bonchev–Trinajstić information content (AvgIpc) is 2.58. The summed E-state index contributed by atoms with van der Waals surface area (Å²) in [5.41, 5.74) is 0.908. The van der Waals surface area contributed by atoms with E-state index in [1.807, 2.05) is 19.9 Å². The summed E-state index contributed by atoms with van der Waals surface area (Å²) in [4.78, 5) is 12.6. The summed E-state index contributed by atoms with van der Waals surface area (Å²) >= 11 is 1.38. The SMILES string of the molecule is CNc1nccc(Sc2nc(C)c(C)o2)n1. The number of anilines is 1. The van der Waals surface area contributed by atoms with E-state index < -0.39 is 0 Å². The van der Waals surface area contributed by atoms with Gasteiger partial charge in [0.15, 0.2) is 0 Å². The molecule has 16 heavy (non-hydrogen) atoms. The quantitative estimate of drug-likeness (QED) is 0.825. The molecule has 0 amide bonds. The number of hydrogen-bond donors (Lipinski definition) is 1. The zero-order valence-electron chi connectivity index (χ0n) is 9.31. The lowest BCUT2D eigenvalue weighted by Crippen LogP contribution is -1.95. The second-order valence-electron chi connectivity index (χ2n) is 3.19. The van der Waals surface area contributed by atoms with Crippen LogP contribution in [0.5, 0.6) is 0 Å². The van der Waals surface area contributed by atoms with Gasteiger partial charge in [-0.2, -0.15) is 0 Å². The van der Waals surface area contributed by atoms with Gasteiger partial charge in [0.25, 0.3) is 5.22 Å². The van der Waals surface area contributed by atoms with Crippen molar-refractivity contribution < 1.29 is 4.42 Å². The van der Waals surface area contributed by atoms with Crippen LogP contribution in [0, 0.1) is 13.8 Å². The van der Waals surface area contributed by atoms with Gasteiger partial charge in [0.2, 0.25) is 5.95 Å². The molecule has 0 radical (unpaired) electrons. The van der Waals surface area contributed by atoms with Gasteiger partial charge >= 0.3 is 0 Å². The predicted molar refractivity (Wildman–Crippen MR) is 61.7 cm³/mol. The number of aromatic nitrogens is 3. The Morgan fingerprint density at radius 3 is 2.75 bits per heavy atom. The Morgan fingerprint density at radius 2 is 2.12 bits per heavy atom. The maximum atomic E-state index is 5.46. The maximum absolute atomic E-state index is 5.46. The van der Waals surface area contributed by atoms with E-state index in [9.17, 15) is 0 Å². The molecule has 0 aliphatic heterocycles. The summed E-state index contributed by atoms with van der Waals surface area (Å²) in [7, 11) is 1.78. The van der Waals surface area contributed by atoms with Crippen LogP contribution in [-0.4, -0.2) is 22.0 Å². The average molecular weight is 236 g/mol. The zero-order chi connectivity index (χ0) is 11.5. The van der Waals surface area contributed by atoms with Crippen LogP contribution in [0.4, 0.5) is 5.95 Å². The standard InChI is InChI=1S/C10H12N4OS/c1-6-7(2)15-10(13-6)16-8-4-5-12-9(11-3)14-8/h4-5H,1-3H3,(H,11,12,14). The molecule has 84 valence electrons. The lowest BCUT2D eigenvalue weighted by Gasteiger charge is -1.99. The highest BCUT2D eigenvalue weighted by molar-refractivity contribution is 7.99. The molecule has 5 nitrogen and oxygen atoms in total. The fraction of sp³-hybridized carbons (Fsp3) is 0.300. The molecule has 2 heterocycles. The first kappa shape index (κ1) is 10.9. The first-order valence-corrected chi connectivity index (χ1v) is 5.63. The van der Waals surface area contributed by atoms with Gasteiger partial charge in [0.05, 0.1) is 5.69 Å². The summed E-state index contributed by atoms with van der Waals surface area (Å²) in [6.45, 7) is 3.81. The van der Waals surface area contributed by atoms with Crippen molar-refractivity contribution in [2.45, 2.75) is 24.1 Å². The van der Waals surface area contributed by atoms with E-state index >= 15 is 0 Å². The first-order chi connectivity index (χ1) is 7.69. The van der Waals surface area contributed by atoms with Crippen molar-refractivity contribution in [3.05, 3.63) is 23.7 Å². The second kappa shape index (κ2) is 4.52. The highest BCUT2D eigenvalue weighted by atomic mass is 32.2. The molecule has 0 aromatic carbocycles. The van der Waals surface area contributed by atoms with Crippen molar-refractivity contribution in [3.8, 4) is 0 Å². The minimum absolute atomic E-state index is 0.588.